The summed E-state index contributed by atoms with van der Waals surface area (Å²) in [5.41, 5.74) is 13.5. The second-order valence-electron chi connectivity index (χ2n) is 17.1. The molecule has 2 heteroatoms. The molecular weight excluding hydrogens is 715 g/mol. The summed E-state index contributed by atoms with van der Waals surface area (Å²) in [6.07, 6.45) is 29.6. The highest BCUT2D eigenvalue weighted by molar-refractivity contribution is 5.81. The highest BCUT2D eigenvalue weighted by Crippen LogP contribution is 2.52. The molecule has 5 aromatic rings. The number of allylic oxidation sites excluding steroid dienone is 11. The molecule has 0 aromatic heterocycles. The summed E-state index contributed by atoms with van der Waals surface area (Å²) in [5, 5.41) is 0. The molecule has 294 valence electrons. The first-order valence-electron chi connectivity index (χ1n) is 21.5. The van der Waals surface area contributed by atoms with Crippen molar-refractivity contribution in [2.24, 2.45) is 17.3 Å². The third-order valence-corrected chi connectivity index (χ3v) is 13.4. The van der Waals surface area contributed by atoms with E-state index in [0.29, 0.717) is 0 Å². The average molecular weight is 770 g/mol. The van der Waals surface area contributed by atoms with Crippen LogP contribution >= 0.6 is 0 Å². The molecule has 0 saturated carbocycles. The number of hydrogen-bond donors (Lipinski definition) is 0. The Balaban J connectivity index is 1.09. The minimum atomic E-state index is -0.374. The molecule has 4 aliphatic rings. The molecule has 0 N–H and O–H groups in total. The fraction of sp³-hybridized carbons (Fsp3) is 0.228. The first kappa shape index (κ1) is 38.4. The number of benzene rings is 5. The van der Waals surface area contributed by atoms with Crippen LogP contribution < -0.4 is 9.64 Å². The number of fused-ring (bicyclic) bond motifs is 5. The van der Waals surface area contributed by atoms with Gasteiger partial charge >= 0.3 is 0 Å². The maximum atomic E-state index is 6.64. The highest BCUT2D eigenvalue weighted by atomic mass is 16.5. The molecule has 0 saturated heterocycles. The van der Waals surface area contributed by atoms with Crippen LogP contribution in [0.2, 0.25) is 0 Å². The molecular formula is C57H55NO. The van der Waals surface area contributed by atoms with Crippen molar-refractivity contribution in [1.82, 2.24) is 0 Å². The van der Waals surface area contributed by atoms with Gasteiger partial charge in [-0.15, -0.1) is 0 Å². The van der Waals surface area contributed by atoms with Crippen LogP contribution in [0.3, 0.4) is 0 Å². The third-order valence-electron chi connectivity index (χ3n) is 13.4. The molecule has 5 aromatic carbocycles. The van der Waals surface area contributed by atoms with Crippen molar-refractivity contribution in [3.8, 4) is 5.75 Å². The Morgan fingerprint density at radius 2 is 1.51 bits per heavy atom. The van der Waals surface area contributed by atoms with Crippen LogP contribution in [0.15, 0.2) is 194 Å². The van der Waals surface area contributed by atoms with Crippen molar-refractivity contribution in [2.45, 2.75) is 64.9 Å². The zero-order valence-corrected chi connectivity index (χ0v) is 35.1. The van der Waals surface area contributed by atoms with Crippen LogP contribution in [0, 0.1) is 17.3 Å². The Hall–Kier alpha value is -6.12. The van der Waals surface area contributed by atoms with Gasteiger partial charge in [0.25, 0.3) is 0 Å². The molecule has 9 rings (SSSR count). The smallest absolute Gasteiger partial charge is 0.132 e. The van der Waals surface area contributed by atoms with E-state index in [4.69, 9.17) is 4.74 Å². The normalized spacial score (nSPS) is 26.6. The second-order valence-corrected chi connectivity index (χ2v) is 17.1. The van der Waals surface area contributed by atoms with Gasteiger partial charge in [-0.05, 0) is 107 Å². The number of hydrogen-bond acceptors (Lipinski definition) is 2. The SMILES string of the molecule is CC/C=C\C=C(/C)C1(c2ccc(N(c3ccccc3)c3ccc4c(c3)C=C[C@@](C)(C3C=CC=C5c6ccccc6OC53)C4)cc2)c2ccccc2[C@H](C)/C=C\C=C/[C@@H]1C. The number of ether oxygens (including phenoxy) is 1. The van der Waals surface area contributed by atoms with Crippen molar-refractivity contribution in [3.05, 3.63) is 227 Å². The van der Waals surface area contributed by atoms with E-state index in [0.717, 1.165) is 35.7 Å². The van der Waals surface area contributed by atoms with Crippen LogP contribution in [0.25, 0.3) is 11.6 Å². The Morgan fingerprint density at radius 1 is 0.780 bits per heavy atom. The largest absolute Gasteiger partial charge is 0.484 e. The molecule has 3 aliphatic carbocycles. The fourth-order valence-corrected chi connectivity index (χ4v) is 10.4. The molecule has 1 heterocycles. The zero-order chi connectivity index (χ0) is 40.6. The molecule has 59 heavy (non-hydrogen) atoms. The summed E-state index contributed by atoms with van der Waals surface area (Å²) in [7, 11) is 0. The summed E-state index contributed by atoms with van der Waals surface area (Å²) in [6.45, 7) is 11.6. The van der Waals surface area contributed by atoms with E-state index >= 15 is 0 Å². The standard InChI is InChI=1S/C57H55NO/c1-6-7-9-20-41(3)57(42(4)21-13-12-19-40(2)49-24-14-16-27-52(49)57)45-31-34-47(35-32-45)58(46-22-10-8-11-23-46)48-33-30-44-39-56(5,37-36-43(44)38-48)53-28-18-26-51-50-25-15-17-29-54(50)59-55(51)53/h7-38,40,42,53,55H,6,39H2,1-5H3/b9-7-,19-12-,21-13-,41-20+/t40-,42+,53?,55?,56-,57?/m1/s1. The fourth-order valence-electron chi connectivity index (χ4n) is 10.4. The first-order chi connectivity index (χ1) is 28.8. The molecule has 0 spiro atoms. The third kappa shape index (κ3) is 6.79. The Kier molecular flexibility index (Phi) is 10.4. The van der Waals surface area contributed by atoms with Gasteiger partial charge in [-0.1, -0.05) is 185 Å². The Morgan fingerprint density at radius 3 is 2.34 bits per heavy atom. The summed E-state index contributed by atoms with van der Waals surface area (Å²) >= 11 is 0. The number of rotatable bonds is 8. The van der Waals surface area contributed by atoms with Gasteiger partial charge in [0.2, 0.25) is 0 Å². The van der Waals surface area contributed by atoms with E-state index in [1.54, 1.807) is 0 Å². The van der Waals surface area contributed by atoms with Gasteiger partial charge in [-0.3, -0.25) is 0 Å². The zero-order valence-electron chi connectivity index (χ0n) is 35.1. The lowest BCUT2D eigenvalue weighted by atomic mass is 9.60. The number of nitrogens with zero attached hydrogens (tertiary/aromatic N) is 1. The molecule has 3 unspecified atom stereocenters. The van der Waals surface area contributed by atoms with Crippen LogP contribution in [-0.4, -0.2) is 6.10 Å². The maximum Gasteiger partial charge on any atom is 0.132 e. The van der Waals surface area contributed by atoms with Gasteiger partial charge in [0, 0.05) is 39.5 Å². The van der Waals surface area contributed by atoms with E-state index in [2.05, 4.69) is 234 Å². The molecule has 0 fully saturated rings. The average Bonchev–Trinajstić information content (AvgIpc) is 3.67. The minimum absolute atomic E-state index is 0.0232. The van der Waals surface area contributed by atoms with Gasteiger partial charge < -0.3 is 9.64 Å². The van der Waals surface area contributed by atoms with Crippen molar-refractivity contribution in [1.29, 1.82) is 0 Å². The summed E-state index contributed by atoms with van der Waals surface area (Å²) in [4.78, 5) is 2.40. The Bertz CT molecular complexity index is 2560. The monoisotopic (exact) mass is 769 g/mol. The number of para-hydroxylation sites is 2. The Labute approximate surface area is 352 Å². The van der Waals surface area contributed by atoms with E-state index < -0.39 is 0 Å². The van der Waals surface area contributed by atoms with Gasteiger partial charge in [0.15, 0.2) is 0 Å². The summed E-state index contributed by atoms with van der Waals surface area (Å²) in [5.74, 6) is 1.70. The molecule has 0 radical (unpaired) electrons. The molecule has 0 amide bonds. The van der Waals surface area contributed by atoms with Crippen molar-refractivity contribution in [2.75, 3.05) is 4.90 Å². The number of anilines is 3. The van der Waals surface area contributed by atoms with Crippen molar-refractivity contribution < 1.29 is 4.74 Å². The highest BCUT2D eigenvalue weighted by Gasteiger charge is 2.45. The van der Waals surface area contributed by atoms with E-state index in [1.165, 1.54) is 44.5 Å². The lowest BCUT2D eigenvalue weighted by Crippen LogP contribution is -2.39. The van der Waals surface area contributed by atoms with Gasteiger partial charge in [0.1, 0.15) is 11.9 Å². The lowest BCUT2D eigenvalue weighted by Gasteiger charge is -2.42. The van der Waals surface area contributed by atoms with E-state index in [9.17, 15) is 0 Å². The van der Waals surface area contributed by atoms with Gasteiger partial charge in [0.05, 0.1) is 0 Å². The van der Waals surface area contributed by atoms with E-state index in [1.807, 2.05) is 0 Å². The van der Waals surface area contributed by atoms with Crippen LogP contribution in [0.5, 0.6) is 5.75 Å². The minimum Gasteiger partial charge on any atom is -0.484 e. The van der Waals surface area contributed by atoms with Crippen molar-refractivity contribution in [3.63, 3.8) is 0 Å². The first-order valence-corrected chi connectivity index (χ1v) is 21.5. The predicted octanol–water partition coefficient (Wildman–Crippen LogP) is 14.8. The summed E-state index contributed by atoms with van der Waals surface area (Å²) < 4.78 is 6.64. The van der Waals surface area contributed by atoms with Crippen LogP contribution in [0.1, 0.15) is 80.3 Å². The quantitative estimate of drug-likeness (QED) is 0.146. The van der Waals surface area contributed by atoms with Gasteiger partial charge in [-0.2, -0.15) is 0 Å². The van der Waals surface area contributed by atoms with Gasteiger partial charge in [-0.25, -0.2) is 0 Å². The lowest BCUT2D eigenvalue weighted by molar-refractivity contribution is 0.149. The van der Waals surface area contributed by atoms with Crippen LogP contribution in [-0.2, 0) is 11.8 Å². The molecule has 1 aliphatic heterocycles. The topological polar surface area (TPSA) is 12.5 Å². The van der Waals surface area contributed by atoms with Crippen molar-refractivity contribution >= 4 is 28.7 Å². The molecule has 0 bridgehead atoms. The second kappa shape index (κ2) is 15.9. The maximum absolute atomic E-state index is 6.64. The van der Waals surface area contributed by atoms with Crippen LogP contribution in [0.4, 0.5) is 17.1 Å². The molecule has 6 atom stereocenters. The molecule has 2 nitrogen and oxygen atoms in total. The summed E-state index contributed by atoms with van der Waals surface area (Å²) in [6, 6.07) is 44.8. The van der Waals surface area contributed by atoms with E-state index in [-0.39, 0.29) is 34.7 Å². The predicted molar refractivity (Wildman–Crippen MR) is 250 cm³/mol.